The van der Waals surface area contributed by atoms with E-state index in [2.05, 4.69) is 15.5 Å². The molecule has 2 N–H and O–H groups in total. The molecule has 0 radical (unpaired) electrons. The molecule has 3 aromatic rings. The van der Waals surface area contributed by atoms with Gasteiger partial charge in [-0.2, -0.15) is 10.2 Å². The quantitative estimate of drug-likeness (QED) is 0.663. The van der Waals surface area contributed by atoms with E-state index >= 15 is 0 Å². The third-order valence-electron chi connectivity index (χ3n) is 3.97. The molecule has 0 saturated carbocycles. The molecule has 3 rings (SSSR count). The van der Waals surface area contributed by atoms with Crippen molar-refractivity contribution in [2.75, 3.05) is 5.32 Å². The monoisotopic (exact) mass is 371 g/mol. The Morgan fingerprint density at radius 2 is 2.07 bits per heavy atom. The fourth-order valence-electron chi connectivity index (χ4n) is 2.54. The molecule has 1 amide bonds. The number of aromatic carboxylic acids is 1. The van der Waals surface area contributed by atoms with E-state index in [-0.39, 0.29) is 36.8 Å². The minimum Gasteiger partial charge on any atom is -0.478 e. The van der Waals surface area contributed by atoms with Crippen LogP contribution in [0.25, 0.3) is 0 Å². The Kier molecular flexibility index (Phi) is 5.30. The van der Waals surface area contributed by atoms with E-state index in [9.17, 15) is 14.0 Å². The fourth-order valence-corrected chi connectivity index (χ4v) is 2.54. The van der Waals surface area contributed by atoms with Crippen LogP contribution >= 0.6 is 0 Å². The van der Waals surface area contributed by atoms with Crippen molar-refractivity contribution >= 4 is 17.7 Å². The summed E-state index contributed by atoms with van der Waals surface area (Å²) >= 11 is 0. The van der Waals surface area contributed by atoms with Crippen LogP contribution in [0.15, 0.2) is 42.7 Å². The third kappa shape index (κ3) is 4.57. The molecule has 0 fully saturated rings. The molecule has 1 aromatic carbocycles. The summed E-state index contributed by atoms with van der Waals surface area (Å²) in [6.45, 7) is 2.33. The number of carboxylic acids is 1. The van der Waals surface area contributed by atoms with Gasteiger partial charge in [-0.1, -0.05) is 18.2 Å². The lowest BCUT2D eigenvalue weighted by molar-refractivity contribution is -0.116. The molecule has 0 aliphatic carbocycles. The van der Waals surface area contributed by atoms with Gasteiger partial charge in [0.2, 0.25) is 5.91 Å². The lowest BCUT2D eigenvalue weighted by Crippen LogP contribution is -2.15. The Morgan fingerprint density at radius 3 is 2.78 bits per heavy atom. The molecule has 0 spiro atoms. The average Bonchev–Trinajstić information content (AvgIpc) is 3.22. The standard InChI is InChI=1S/C18H18FN5O3/c1-12-8-16(22-24(12)11-13-4-2-3-5-15(13)19)21-17(25)6-7-23-10-14(9-20-23)18(26)27/h2-5,8-10H,6-7,11H2,1H3,(H,26,27)(H,21,22,25). The van der Waals surface area contributed by atoms with Crippen molar-refractivity contribution in [1.29, 1.82) is 0 Å². The van der Waals surface area contributed by atoms with Crippen LogP contribution in [0, 0.1) is 12.7 Å². The summed E-state index contributed by atoms with van der Waals surface area (Å²) in [6.07, 6.45) is 2.71. The van der Waals surface area contributed by atoms with Crippen LogP contribution in [-0.2, 0) is 17.9 Å². The topological polar surface area (TPSA) is 102 Å². The number of benzene rings is 1. The number of rotatable bonds is 7. The van der Waals surface area contributed by atoms with Gasteiger partial charge in [-0.3, -0.25) is 14.2 Å². The van der Waals surface area contributed by atoms with Gasteiger partial charge in [0, 0.05) is 36.5 Å². The maximum Gasteiger partial charge on any atom is 0.338 e. The molecule has 27 heavy (non-hydrogen) atoms. The Balaban J connectivity index is 1.58. The van der Waals surface area contributed by atoms with Crippen LogP contribution in [0.2, 0.25) is 0 Å². The van der Waals surface area contributed by atoms with Crippen molar-refractivity contribution in [3.63, 3.8) is 0 Å². The van der Waals surface area contributed by atoms with E-state index in [0.717, 1.165) is 5.69 Å². The minimum absolute atomic E-state index is 0.0675. The second kappa shape index (κ2) is 7.81. The maximum atomic E-state index is 13.8. The molecule has 0 aliphatic rings. The summed E-state index contributed by atoms with van der Waals surface area (Å²) in [5, 5.41) is 19.7. The molecule has 0 unspecified atom stereocenters. The van der Waals surface area contributed by atoms with Crippen LogP contribution in [-0.4, -0.2) is 36.5 Å². The summed E-state index contributed by atoms with van der Waals surface area (Å²) in [6, 6.07) is 8.16. The van der Waals surface area contributed by atoms with Crippen molar-refractivity contribution in [2.45, 2.75) is 26.4 Å². The number of hydrogen-bond donors (Lipinski definition) is 2. The SMILES string of the molecule is Cc1cc(NC(=O)CCn2cc(C(=O)O)cn2)nn1Cc1ccccc1F. The van der Waals surface area contributed by atoms with Gasteiger partial charge in [-0.15, -0.1) is 0 Å². The van der Waals surface area contributed by atoms with Crippen molar-refractivity contribution < 1.29 is 19.1 Å². The first-order chi connectivity index (χ1) is 12.9. The number of aryl methyl sites for hydroxylation is 2. The number of carbonyl (C=O) groups excluding carboxylic acids is 1. The number of nitrogens with one attached hydrogen (secondary N) is 1. The van der Waals surface area contributed by atoms with Crippen LogP contribution in [0.1, 0.15) is 28.0 Å². The van der Waals surface area contributed by atoms with Gasteiger partial charge in [-0.05, 0) is 13.0 Å². The van der Waals surface area contributed by atoms with Gasteiger partial charge in [-0.25, -0.2) is 9.18 Å². The summed E-state index contributed by atoms with van der Waals surface area (Å²) in [5.41, 5.74) is 1.36. The highest BCUT2D eigenvalue weighted by Gasteiger charge is 2.11. The van der Waals surface area contributed by atoms with E-state index in [1.54, 1.807) is 28.9 Å². The van der Waals surface area contributed by atoms with E-state index in [4.69, 9.17) is 5.11 Å². The number of anilines is 1. The molecule has 0 aliphatic heterocycles. The van der Waals surface area contributed by atoms with Crippen LogP contribution < -0.4 is 5.32 Å². The van der Waals surface area contributed by atoms with E-state index in [0.29, 0.717) is 11.4 Å². The van der Waals surface area contributed by atoms with Gasteiger partial charge >= 0.3 is 5.97 Å². The minimum atomic E-state index is -1.07. The van der Waals surface area contributed by atoms with Gasteiger partial charge in [0.25, 0.3) is 0 Å². The Hall–Kier alpha value is -3.49. The van der Waals surface area contributed by atoms with E-state index < -0.39 is 5.97 Å². The predicted octanol–water partition coefficient (Wildman–Crippen LogP) is 2.30. The van der Waals surface area contributed by atoms with Crippen molar-refractivity contribution in [3.05, 3.63) is 65.4 Å². The lowest BCUT2D eigenvalue weighted by atomic mass is 10.2. The third-order valence-corrected chi connectivity index (χ3v) is 3.97. The number of hydrogen-bond acceptors (Lipinski definition) is 4. The van der Waals surface area contributed by atoms with E-state index in [1.165, 1.54) is 23.1 Å². The zero-order valence-electron chi connectivity index (χ0n) is 14.6. The maximum absolute atomic E-state index is 13.8. The predicted molar refractivity (Wildman–Crippen MR) is 94.9 cm³/mol. The molecule has 0 bridgehead atoms. The molecule has 0 saturated heterocycles. The lowest BCUT2D eigenvalue weighted by Gasteiger charge is -2.05. The highest BCUT2D eigenvalue weighted by molar-refractivity contribution is 5.89. The zero-order valence-corrected chi connectivity index (χ0v) is 14.6. The molecule has 2 aromatic heterocycles. The van der Waals surface area contributed by atoms with Gasteiger partial charge < -0.3 is 10.4 Å². The van der Waals surface area contributed by atoms with Crippen LogP contribution in [0.4, 0.5) is 10.2 Å². The Morgan fingerprint density at radius 1 is 1.30 bits per heavy atom. The smallest absolute Gasteiger partial charge is 0.338 e. The molecular formula is C18H18FN5O3. The Labute approximate surface area is 154 Å². The van der Waals surface area contributed by atoms with Crippen LogP contribution in [0.3, 0.4) is 0 Å². The first kappa shape index (κ1) is 18.3. The van der Waals surface area contributed by atoms with Gasteiger partial charge in [0.15, 0.2) is 5.82 Å². The molecule has 140 valence electrons. The van der Waals surface area contributed by atoms with Crippen LogP contribution in [0.5, 0.6) is 0 Å². The average molecular weight is 371 g/mol. The number of nitrogens with zero attached hydrogens (tertiary/aromatic N) is 4. The first-order valence-electron chi connectivity index (χ1n) is 8.26. The summed E-state index contributed by atoms with van der Waals surface area (Å²) < 4.78 is 16.8. The highest BCUT2D eigenvalue weighted by atomic mass is 19.1. The number of carbonyl (C=O) groups is 2. The number of aromatic nitrogens is 4. The Bertz CT molecular complexity index is 979. The summed E-state index contributed by atoms with van der Waals surface area (Å²) in [4.78, 5) is 22.9. The van der Waals surface area contributed by atoms with Crippen molar-refractivity contribution in [3.8, 4) is 0 Å². The number of carboxylic acid groups (broad SMARTS) is 1. The highest BCUT2D eigenvalue weighted by Crippen LogP contribution is 2.14. The molecule has 0 atom stereocenters. The van der Waals surface area contributed by atoms with Gasteiger partial charge in [0.05, 0.1) is 18.3 Å². The summed E-state index contributed by atoms with van der Waals surface area (Å²) in [5.74, 6) is -1.28. The first-order valence-corrected chi connectivity index (χ1v) is 8.26. The van der Waals surface area contributed by atoms with E-state index in [1.807, 2.05) is 6.92 Å². The van der Waals surface area contributed by atoms with Gasteiger partial charge in [0.1, 0.15) is 5.82 Å². The molecule has 2 heterocycles. The fraction of sp³-hybridized carbons (Fsp3) is 0.222. The zero-order chi connectivity index (χ0) is 19.4. The molecular weight excluding hydrogens is 353 g/mol. The van der Waals surface area contributed by atoms with Crippen molar-refractivity contribution in [1.82, 2.24) is 19.6 Å². The largest absolute Gasteiger partial charge is 0.478 e. The molecule has 8 nitrogen and oxygen atoms in total. The second-order valence-corrected chi connectivity index (χ2v) is 6.02. The van der Waals surface area contributed by atoms with Crippen molar-refractivity contribution in [2.24, 2.45) is 0 Å². The number of amides is 1. The normalized spacial score (nSPS) is 10.7. The summed E-state index contributed by atoms with van der Waals surface area (Å²) in [7, 11) is 0. The second-order valence-electron chi connectivity index (χ2n) is 6.02. The molecule has 9 heteroatoms. The number of halogens is 1.